The second-order valence-electron chi connectivity index (χ2n) is 11.6. The zero-order valence-electron chi connectivity index (χ0n) is 26.2. The first kappa shape index (κ1) is 30.9. The molecule has 7 heteroatoms. The van der Waals surface area contributed by atoms with Crippen molar-refractivity contribution in [2.45, 2.75) is 58.2 Å². The van der Waals surface area contributed by atoms with Crippen LogP contribution in [0, 0.1) is 5.92 Å². The maximum absolute atomic E-state index is 13.1. The van der Waals surface area contributed by atoms with E-state index in [0.29, 0.717) is 35.1 Å². The molecule has 1 fully saturated rings. The fourth-order valence-electron chi connectivity index (χ4n) is 5.31. The first-order valence-corrected chi connectivity index (χ1v) is 15.1. The Morgan fingerprint density at radius 1 is 1.14 bits per heavy atom. The lowest BCUT2D eigenvalue weighted by Gasteiger charge is -2.30. The second kappa shape index (κ2) is 13.4. The molecule has 2 aliphatic rings. The molecule has 0 saturated heterocycles. The SMILES string of the molecule is C=C/C(=C\C=C/C)CCCOc1cc2nccc(C(OC(=O)C3CC3)c3ccc4c(c3OC)C=CC(C)(C)O4)c2cc1OC. The molecule has 0 radical (unpaired) electrons. The Hall–Kier alpha value is -4.52. The number of hydrogen-bond acceptors (Lipinski definition) is 7. The van der Waals surface area contributed by atoms with Crippen LogP contribution in [0.25, 0.3) is 17.0 Å². The van der Waals surface area contributed by atoms with Gasteiger partial charge in [-0.25, -0.2) is 0 Å². The van der Waals surface area contributed by atoms with Gasteiger partial charge in [-0.2, -0.15) is 0 Å². The van der Waals surface area contributed by atoms with Crippen LogP contribution in [-0.2, 0) is 9.53 Å². The maximum Gasteiger partial charge on any atom is 0.309 e. The molecule has 1 aliphatic heterocycles. The molecule has 0 bridgehead atoms. The summed E-state index contributed by atoms with van der Waals surface area (Å²) < 4.78 is 30.4. The van der Waals surface area contributed by atoms with E-state index in [-0.39, 0.29) is 11.9 Å². The lowest BCUT2D eigenvalue weighted by molar-refractivity contribution is -0.149. The van der Waals surface area contributed by atoms with E-state index in [4.69, 9.17) is 23.7 Å². The summed E-state index contributed by atoms with van der Waals surface area (Å²) in [6, 6.07) is 9.50. The molecule has 1 atom stereocenters. The van der Waals surface area contributed by atoms with Crippen LogP contribution in [0.4, 0.5) is 0 Å². The van der Waals surface area contributed by atoms with Crippen molar-refractivity contribution >= 4 is 22.9 Å². The topological polar surface area (TPSA) is 76.1 Å². The highest BCUT2D eigenvalue weighted by Crippen LogP contribution is 2.46. The molecule has 5 rings (SSSR count). The molecule has 1 aromatic heterocycles. The largest absolute Gasteiger partial charge is 0.496 e. The molecule has 230 valence electrons. The fourth-order valence-corrected chi connectivity index (χ4v) is 5.31. The van der Waals surface area contributed by atoms with Crippen molar-refractivity contribution in [3.8, 4) is 23.0 Å². The van der Waals surface area contributed by atoms with Gasteiger partial charge in [-0.3, -0.25) is 9.78 Å². The Morgan fingerprint density at radius 3 is 2.66 bits per heavy atom. The van der Waals surface area contributed by atoms with E-state index in [1.807, 2.05) is 81.5 Å². The summed E-state index contributed by atoms with van der Waals surface area (Å²) in [5.41, 5.74) is 3.73. The number of allylic oxidation sites excluding steroid dienone is 5. The van der Waals surface area contributed by atoms with Crippen LogP contribution in [0.1, 0.15) is 69.2 Å². The lowest BCUT2D eigenvalue weighted by Crippen LogP contribution is -2.27. The van der Waals surface area contributed by atoms with E-state index in [1.165, 1.54) is 0 Å². The summed E-state index contributed by atoms with van der Waals surface area (Å²) >= 11 is 0. The summed E-state index contributed by atoms with van der Waals surface area (Å²) in [5, 5.41) is 0.793. The van der Waals surface area contributed by atoms with Gasteiger partial charge in [0.05, 0.1) is 37.8 Å². The molecule has 1 unspecified atom stereocenters. The minimum Gasteiger partial charge on any atom is -0.496 e. The molecule has 2 heterocycles. The Bertz CT molecular complexity index is 1630. The second-order valence-corrected chi connectivity index (χ2v) is 11.6. The van der Waals surface area contributed by atoms with Crippen LogP contribution in [0.5, 0.6) is 23.0 Å². The average Bonchev–Trinajstić information content (AvgIpc) is 3.87. The molecule has 0 spiro atoms. The number of esters is 1. The van der Waals surface area contributed by atoms with Crippen molar-refractivity contribution in [2.24, 2.45) is 5.92 Å². The van der Waals surface area contributed by atoms with Crippen LogP contribution in [0.2, 0.25) is 0 Å². The molecule has 2 aromatic carbocycles. The lowest BCUT2D eigenvalue weighted by atomic mass is 9.93. The zero-order valence-corrected chi connectivity index (χ0v) is 26.2. The van der Waals surface area contributed by atoms with E-state index < -0.39 is 11.7 Å². The highest BCUT2D eigenvalue weighted by atomic mass is 16.5. The van der Waals surface area contributed by atoms with Crippen LogP contribution in [-0.4, -0.2) is 37.4 Å². The predicted octanol–water partition coefficient (Wildman–Crippen LogP) is 8.33. The number of carbonyl (C=O) groups is 1. The Balaban J connectivity index is 1.51. The van der Waals surface area contributed by atoms with Crippen molar-refractivity contribution in [3.05, 3.63) is 95.8 Å². The Kier molecular flexibility index (Phi) is 9.43. The van der Waals surface area contributed by atoms with Crippen molar-refractivity contribution in [3.63, 3.8) is 0 Å². The van der Waals surface area contributed by atoms with Crippen LogP contribution in [0.15, 0.2) is 79.1 Å². The molecule has 1 saturated carbocycles. The zero-order chi connectivity index (χ0) is 31.3. The quantitative estimate of drug-likeness (QED) is 0.112. The molecular formula is C37H41NO6. The number of hydrogen-bond donors (Lipinski definition) is 0. The van der Waals surface area contributed by atoms with Gasteiger partial charge < -0.3 is 23.7 Å². The number of methoxy groups -OCH3 is 2. The number of fused-ring (bicyclic) bond motifs is 2. The van der Waals surface area contributed by atoms with E-state index in [1.54, 1.807) is 20.4 Å². The van der Waals surface area contributed by atoms with Crippen LogP contribution >= 0.6 is 0 Å². The molecule has 0 amide bonds. The molecule has 7 nitrogen and oxygen atoms in total. The standard InChI is InChI=1S/C37H41NO6/c1-7-9-11-24(8-2)12-10-21-42-33-23-30-29(22-32(33)40-5)26(18-20-38-30)35(43-36(39)25-13-14-25)28-15-16-31-27(34(28)41-6)17-19-37(3,4)44-31/h7-9,11,15-20,22-23,25,35H,2,10,12-14,21H2,1,3-6H3/b9-7-,24-11+. The van der Waals surface area contributed by atoms with Crippen molar-refractivity contribution in [1.82, 2.24) is 4.98 Å². The summed E-state index contributed by atoms with van der Waals surface area (Å²) in [4.78, 5) is 17.8. The third-order valence-corrected chi connectivity index (χ3v) is 7.82. The number of rotatable bonds is 13. The minimum atomic E-state index is -0.741. The molecule has 44 heavy (non-hydrogen) atoms. The Labute approximate surface area is 259 Å². The fraction of sp³-hybridized carbons (Fsp3) is 0.351. The summed E-state index contributed by atoms with van der Waals surface area (Å²) in [6.07, 6.45) is 16.3. The third-order valence-electron chi connectivity index (χ3n) is 7.82. The number of aromatic nitrogens is 1. The van der Waals surface area contributed by atoms with Crippen LogP contribution < -0.4 is 18.9 Å². The van der Waals surface area contributed by atoms with E-state index in [0.717, 1.165) is 53.3 Å². The van der Waals surface area contributed by atoms with Crippen molar-refractivity contribution in [2.75, 3.05) is 20.8 Å². The number of benzene rings is 2. The molecule has 3 aromatic rings. The van der Waals surface area contributed by atoms with Gasteiger partial charge in [0.25, 0.3) is 0 Å². The average molecular weight is 596 g/mol. The number of carbonyl (C=O) groups excluding carboxylic acids is 1. The summed E-state index contributed by atoms with van der Waals surface area (Å²) in [7, 11) is 3.24. The first-order valence-electron chi connectivity index (χ1n) is 15.1. The van der Waals surface area contributed by atoms with Gasteiger partial charge in [0, 0.05) is 28.8 Å². The minimum absolute atomic E-state index is 0.0813. The monoisotopic (exact) mass is 595 g/mol. The highest BCUT2D eigenvalue weighted by Gasteiger charge is 2.36. The molecule has 1 aliphatic carbocycles. The molecular weight excluding hydrogens is 554 g/mol. The summed E-state index contributed by atoms with van der Waals surface area (Å²) in [5.74, 6) is 2.19. The van der Waals surface area contributed by atoms with Gasteiger partial charge >= 0.3 is 5.97 Å². The van der Waals surface area contributed by atoms with Gasteiger partial charge in [0.1, 0.15) is 17.1 Å². The van der Waals surface area contributed by atoms with Crippen LogP contribution in [0.3, 0.4) is 0 Å². The van der Waals surface area contributed by atoms with Crippen molar-refractivity contribution < 1.29 is 28.5 Å². The normalized spacial score (nSPS) is 16.2. The van der Waals surface area contributed by atoms with E-state index >= 15 is 0 Å². The van der Waals surface area contributed by atoms with Gasteiger partial charge in [-0.1, -0.05) is 30.9 Å². The highest BCUT2D eigenvalue weighted by molar-refractivity contribution is 5.87. The smallest absolute Gasteiger partial charge is 0.309 e. The van der Waals surface area contributed by atoms with Gasteiger partial charge in [-0.15, -0.1) is 0 Å². The number of pyridine rings is 1. The van der Waals surface area contributed by atoms with Gasteiger partial charge in [0.15, 0.2) is 17.6 Å². The first-order chi connectivity index (χ1) is 21.3. The van der Waals surface area contributed by atoms with Crippen molar-refractivity contribution in [1.29, 1.82) is 0 Å². The summed E-state index contributed by atoms with van der Waals surface area (Å²) in [6.45, 7) is 10.4. The van der Waals surface area contributed by atoms with E-state index in [2.05, 4.69) is 17.6 Å². The van der Waals surface area contributed by atoms with E-state index in [9.17, 15) is 4.79 Å². The predicted molar refractivity (Wildman–Crippen MR) is 174 cm³/mol. The number of nitrogens with zero attached hydrogens (tertiary/aromatic N) is 1. The maximum atomic E-state index is 13.1. The number of ether oxygens (including phenoxy) is 5. The third kappa shape index (κ3) is 6.83. The Morgan fingerprint density at radius 2 is 1.95 bits per heavy atom. The van der Waals surface area contributed by atoms with Gasteiger partial charge in [0.2, 0.25) is 0 Å². The molecule has 0 N–H and O–H groups in total. The van der Waals surface area contributed by atoms with Gasteiger partial charge in [-0.05, 0) is 88.4 Å².